The van der Waals surface area contributed by atoms with Crippen molar-refractivity contribution < 1.29 is 9.15 Å². The number of hydrogen-bond donors (Lipinski definition) is 0. The largest absolute Gasteiger partial charge is 0.459 e. The van der Waals surface area contributed by atoms with Crippen molar-refractivity contribution in [3.8, 4) is 16.8 Å². The van der Waals surface area contributed by atoms with E-state index in [0.29, 0.717) is 13.2 Å². The molecule has 0 amide bonds. The van der Waals surface area contributed by atoms with E-state index in [2.05, 4.69) is 11.1 Å². The van der Waals surface area contributed by atoms with Gasteiger partial charge < -0.3 is 9.15 Å². The Morgan fingerprint density at radius 1 is 1.47 bits per heavy atom. The minimum Gasteiger partial charge on any atom is -0.459 e. The lowest BCUT2D eigenvalue weighted by Gasteiger charge is -2.33. The summed E-state index contributed by atoms with van der Waals surface area (Å²) >= 11 is 1.50. The van der Waals surface area contributed by atoms with Gasteiger partial charge in [0, 0.05) is 5.38 Å². The number of thiazole rings is 1. The molecule has 0 atom stereocenters. The predicted molar refractivity (Wildman–Crippen MR) is 62.7 cm³/mol. The molecule has 1 aliphatic heterocycles. The van der Waals surface area contributed by atoms with Gasteiger partial charge in [-0.25, -0.2) is 4.98 Å². The molecule has 2 aromatic rings. The molecule has 17 heavy (non-hydrogen) atoms. The summed E-state index contributed by atoms with van der Waals surface area (Å²) in [6.45, 7) is 2.77. The second kappa shape index (κ2) is 3.69. The Labute approximate surface area is 102 Å². The fraction of sp³-hybridized carbons (Fsp3) is 0.333. The molecule has 0 spiro atoms. The van der Waals surface area contributed by atoms with E-state index in [-0.39, 0.29) is 0 Å². The quantitative estimate of drug-likeness (QED) is 0.816. The van der Waals surface area contributed by atoms with Crippen molar-refractivity contribution in [3.05, 3.63) is 29.0 Å². The van der Waals surface area contributed by atoms with Gasteiger partial charge in [0.05, 0.1) is 25.0 Å². The topological polar surface area (TPSA) is 59.0 Å². The lowest BCUT2D eigenvalue weighted by atomic mass is 9.85. The Morgan fingerprint density at radius 3 is 2.82 bits per heavy atom. The van der Waals surface area contributed by atoms with Crippen LogP contribution in [-0.4, -0.2) is 18.2 Å². The maximum Gasteiger partial charge on any atom is 0.162 e. The highest BCUT2D eigenvalue weighted by Gasteiger charge is 2.43. The van der Waals surface area contributed by atoms with Crippen LogP contribution in [0.1, 0.15) is 11.5 Å². The summed E-state index contributed by atoms with van der Waals surface area (Å²) < 4.78 is 10.6. The van der Waals surface area contributed by atoms with Gasteiger partial charge in [0.2, 0.25) is 0 Å². The Morgan fingerprint density at radius 2 is 2.29 bits per heavy atom. The Hall–Kier alpha value is -1.64. The number of nitriles is 1. The van der Waals surface area contributed by atoms with Crippen molar-refractivity contribution in [2.24, 2.45) is 0 Å². The van der Waals surface area contributed by atoms with E-state index < -0.39 is 5.41 Å². The Kier molecular flexibility index (Phi) is 2.28. The van der Waals surface area contributed by atoms with Gasteiger partial charge in [0.1, 0.15) is 11.2 Å². The van der Waals surface area contributed by atoms with Crippen molar-refractivity contribution in [2.75, 3.05) is 13.2 Å². The van der Waals surface area contributed by atoms with Crippen LogP contribution in [0, 0.1) is 18.3 Å². The average Bonchev–Trinajstić information content (AvgIpc) is 2.86. The summed E-state index contributed by atoms with van der Waals surface area (Å²) in [5, 5.41) is 11.9. The highest BCUT2D eigenvalue weighted by molar-refractivity contribution is 7.13. The molecule has 1 fully saturated rings. The van der Waals surface area contributed by atoms with E-state index in [1.807, 2.05) is 24.4 Å². The number of furan rings is 1. The van der Waals surface area contributed by atoms with Gasteiger partial charge in [-0.1, -0.05) is 0 Å². The van der Waals surface area contributed by atoms with Crippen molar-refractivity contribution in [2.45, 2.75) is 12.3 Å². The minimum atomic E-state index is -0.545. The molecule has 0 N–H and O–H groups in total. The molecule has 0 saturated carbocycles. The molecule has 5 heteroatoms. The van der Waals surface area contributed by atoms with Crippen LogP contribution in [0.2, 0.25) is 0 Å². The first-order valence-electron chi connectivity index (χ1n) is 5.25. The van der Waals surface area contributed by atoms with Gasteiger partial charge in [-0.05, 0) is 19.1 Å². The van der Waals surface area contributed by atoms with Crippen LogP contribution in [0.4, 0.5) is 0 Å². The van der Waals surface area contributed by atoms with Gasteiger partial charge in [-0.3, -0.25) is 0 Å². The standard InChI is InChI=1S/C12H10N2O2S/c1-8-2-3-9(16-8)11-14-10(4-17-11)12(5-13)6-15-7-12/h2-4H,6-7H2,1H3. The fourth-order valence-corrected chi connectivity index (χ4v) is 2.61. The summed E-state index contributed by atoms with van der Waals surface area (Å²) in [7, 11) is 0. The van der Waals surface area contributed by atoms with Crippen molar-refractivity contribution in [1.29, 1.82) is 5.26 Å². The van der Waals surface area contributed by atoms with E-state index in [1.54, 1.807) is 0 Å². The maximum atomic E-state index is 9.19. The number of aryl methyl sites for hydroxylation is 1. The molecule has 0 radical (unpaired) electrons. The number of nitrogens with zero attached hydrogens (tertiary/aromatic N) is 2. The Balaban J connectivity index is 1.96. The van der Waals surface area contributed by atoms with Crippen LogP contribution >= 0.6 is 11.3 Å². The lowest BCUT2D eigenvalue weighted by molar-refractivity contribution is -0.0314. The summed E-state index contributed by atoms with van der Waals surface area (Å²) in [6, 6.07) is 6.09. The van der Waals surface area contributed by atoms with Crippen LogP contribution in [0.15, 0.2) is 21.9 Å². The lowest BCUT2D eigenvalue weighted by Crippen LogP contribution is -2.45. The zero-order valence-corrected chi connectivity index (χ0v) is 10.1. The summed E-state index contributed by atoms with van der Waals surface area (Å²) in [6.07, 6.45) is 0. The molecule has 3 rings (SSSR count). The van der Waals surface area contributed by atoms with Crippen molar-refractivity contribution in [1.82, 2.24) is 4.98 Å². The molecule has 0 bridgehead atoms. The second-order valence-electron chi connectivity index (χ2n) is 4.13. The van der Waals surface area contributed by atoms with Gasteiger partial charge in [-0.15, -0.1) is 11.3 Å². The molecule has 1 saturated heterocycles. The molecule has 1 aliphatic rings. The zero-order valence-electron chi connectivity index (χ0n) is 9.27. The van der Waals surface area contributed by atoms with Crippen LogP contribution in [0.3, 0.4) is 0 Å². The van der Waals surface area contributed by atoms with E-state index in [4.69, 9.17) is 9.15 Å². The fourth-order valence-electron chi connectivity index (χ4n) is 1.73. The van der Waals surface area contributed by atoms with E-state index >= 15 is 0 Å². The van der Waals surface area contributed by atoms with Crippen molar-refractivity contribution in [3.63, 3.8) is 0 Å². The van der Waals surface area contributed by atoms with E-state index in [1.165, 1.54) is 11.3 Å². The van der Waals surface area contributed by atoms with Crippen molar-refractivity contribution >= 4 is 11.3 Å². The number of aromatic nitrogens is 1. The molecule has 4 nitrogen and oxygen atoms in total. The number of rotatable bonds is 2. The highest BCUT2D eigenvalue weighted by Crippen LogP contribution is 2.35. The first kappa shape index (κ1) is 10.5. The van der Waals surface area contributed by atoms with Crippen LogP contribution in [-0.2, 0) is 10.2 Å². The van der Waals surface area contributed by atoms with Gasteiger partial charge in [0.25, 0.3) is 0 Å². The summed E-state index contributed by atoms with van der Waals surface area (Å²) in [4.78, 5) is 4.48. The molecule has 2 aromatic heterocycles. The third-order valence-electron chi connectivity index (χ3n) is 2.86. The summed E-state index contributed by atoms with van der Waals surface area (Å²) in [5.41, 5.74) is 0.247. The van der Waals surface area contributed by atoms with Gasteiger partial charge >= 0.3 is 0 Å². The number of hydrogen-bond acceptors (Lipinski definition) is 5. The van der Waals surface area contributed by atoms with E-state index in [9.17, 15) is 5.26 Å². The van der Waals surface area contributed by atoms with Crippen LogP contribution in [0.25, 0.3) is 10.8 Å². The third-order valence-corrected chi connectivity index (χ3v) is 3.71. The van der Waals surface area contributed by atoms with Crippen LogP contribution in [0.5, 0.6) is 0 Å². The molecule has 3 heterocycles. The molecule has 0 unspecified atom stereocenters. The van der Waals surface area contributed by atoms with Gasteiger partial charge in [0.15, 0.2) is 10.8 Å². The highest BCUT2D eigenvalue weighted by atomic mass is 32.1. The van der Waals surface area contributed by atoms with E-state index in [0.717, 1.165) is 22.2 Å². The molecule has 0 aromatic carbocycles. The molecule has 86 valence electrons. The smallest absolute Gasteiger partial charge is 0.162 e. The molecular weight excluding hydrogens is 236 g/mol. The van der Waals surface area contributed by atoms with Gasteiger partial charge in [-0.2, -0.15) is 5.26 Å². The van der Waals surface area contributed by atoms with Crippen LogP contribution < -0.4 is 0 Å². The third kappa shape index (κ3) is 1.57. The maximum absolute atomic E-state index is 9.19. The monoisotopic (exact) mass is 246 g/mol. The predicted octanol–water partition coefficient (Wildman–Crippen LogP) is 2.50. The number of ether oxygens (including phenoxy) is 1. The Bertz CT molecular complexity index is 590. The normalized spacial score (nSPS) is 17.4. The minimum absolute atomic E-state index is 0.434. The average molecular weight is 246 g/mol. The molecule has 0 aliphatic carbocycles. The zero-order chi connectivity index (χ0) is 11.9. The first-order valence-corrected chi connectivity index (χ1v) is 6.13. The SMILES string of the molecule is Cc1ccc(-c2nc(C3(C#N)COC3)cs2)o1. The molecular formula is C12H10N2O2S. The summed E-state index contributed by atoms with van der Waals surface area (Å²) in [5.74, 6) is 1.62. The second-order valence-corrected chi connectivity index (χ2v) is 4.99. The first-order chi connectivity index (χ1) is 8.23.